The number of allylic oxidation sites excluding steroid dienone is 1. The molecule has 0 heterocycles. The number of rotatable bonds is 11. The number of esters is 1. The highest BCUT2D eigenvalue weighted by atomic mass is 16.6. The minimum absolute atomic E-state index is 0.0217. The first kappa shape index (κ1) is 25.5. The van der Waals surface area contributed by atoms with Gasteiger partial charge in [-0.25, -0.2) is 4.79 Å². The van der Waals surface area contributed by atoms with E-state index in [1.165, 1.54) is 26.2 Å². The van der Waals surface area contributed by atoms with Gasteiger partial charge in [0.1, 0.15) is 30.4 Å². The number of aliphatic hydroxyl groups excluding tert-OH is 1. The molecule has 0 aliphatic rings. The van der Waals surface area contributed by atoms with Crippen LogP contribution in [0.5, 0.6) is 11.5 Å². The van der Waals surface area contributed by atoms with Crippen molar-refractivity contribution in [3.8, 4) is 11.5 Å². The number of nitro benzene ring substituents is 1. The van der Waals surface area contributed by atoms with Crippen molar-refractivity contribution >= 4 is 28.9 Å². The number of methoxy groups -OCH3 is 1. The molecular formula is C22H22N4O8. The maximum atomic E-state index is 12.7. The predicted octanol–water partition coefficient (Wildman–Crippen LogP) is 4.22. The van der Waals surface area contributed by atoms with Gasteiger partial charge < -0.3 is 24.6 Å². The number of aliphatic hydroxyl groups is 1. The highest BCUT2D eigenvalue weighted by Gasteiger charge is 2.17. The van der Waals surface area contributed by atoms with Crippen molar-refractivity contribution in [2.24, 2.45) is 10.2 Å². The van der Waals surface area contributed by atoms with Crippen LogP contribution in [0.2, 0.25) is 0 Å². The van der Waals surface area contributed by atoms with Gasteiger partial charge in [0.2, 0.25) is 0 Å². The van der Waals surface area contributed by atoms with Crippen molar-refractivity contribution in [3.05, 3.63) is 76.7 Å². The van der Waals surface area contributed by atoms with Crippen LogP contribution in [0.25, 0.3) is 0 Å². The molecule has 2 aromatic carbocycles. The zero-order valence-electron chi connectivity index (χ0n) is 18.4. The Labute approximate surface area is 194 Å². The second kappa shape index (κ2) is 12.3. The van der Waals surface area contributed by atoms with Crippen molar-refractivity contribution in [1.29, 1.82) is 0 Å². The Morgan fingerprint density at radius 3 is 2.59 bits per heavy atom. The number of nitrogens with one attached hydrogen (secondary N) is 1. The first-order valence-electron chi connectivity index (χ1n) is 9.73. The third-order valence-electron chi connectivity index (χ3n) is 4.08. The van der Waals surface area contributed by atoms with Gasteiger partial charge in [-0.1, -0.05) is 18.7 Å². The van der Waals surface area contributed by atoms with Gasteiger partial charge in [0, 0.05) is 12.1 Å². The monoisotopic (exact) mass is 470 g/mol. The lowest BCUT2D eigenvalue weighted by molar-refractivity contribution is -0.384. The predicted molar refractivity (Wildman–Crippen MR) is 121 cm³/mol. The zero-order valence-corrected chi connectivity index (χ0v) is 18.4. The average Bonchev–Trinajstić information content (AvgIpc) is 2.82. The van der Waals surface area contributed by atoms with Gasteiger partial charge in [-0.2, -0.15) is 0 Å². The van der Waals surface area contributed by atoms with Crippen LogP contribution in [0.3, 0.4) is 0 Å². The number of carbonyl (C=O) groups is 2. The summed E-state index contributed by atoms with van der Waals surface area (Å²) in [6.07, 6.45) is 1.03. The fraction of sp³-hybridized carbons (Fsp3) is 0.182. The molecule has 12 nitrogen and oxygen atoms in total. The number of benzene rings is 2. The van der Waals surface area contributed by atoms with Crippen LogP contribution in [0.1, 0.15) is 6.92 Å². The summed E-state index contributed by atoms with van der Waals surface area (Å²) >= 11 is 0. The van der Waals surface area contributed by atoms with E-state index < -0.39 is 28.3 Å². The second-order valence-corrected chi connectivity index (χ2v) is 6.42. The third-order valence-corrected chi connectivity index (χ3v) is 4.08. The number of hydrogen-bond donors (Lipinski definition) is 2. The van der Waals surface area contributed by atoms with Crippen molar-refractivity contribution < 1.29 is 33.8 Å². The van der Waals surface area contributed by atoms with E-state index in [4.69, 9.17) is 14.2 Å². The molecule has 0 atom stereocenters. The first-order valence-corrected chi connectivity index (χ1v) is 9.73. The van der Waals surface area contributed by atoms with Crippen LogP contribution < -0.4 is 14.8 Å². The quantitative estimate of drug-likeness (QED) is 0.0938. The summed E-state index contributed by atoms with van der Waals surface area (Å²) in [6.45, 7) is 4.53. The number of nitrogens with zero attached hydrogens (tertiary/aromatic N) is 3. The second-order valence-electron chi connectivity index (χ2n) is 6.42. The van der Waals surface area contributed by atoms with Crippen LogP contribution >= 0.6 is 0 Å². The van der Waals surface area contributed by atoms with Crippen LogP contribution in [-0.2, 0) is 14.3 Å². The van der Waals surface area contributed by atoms with Gasteiger partial charge in [0.05, 0.1) is 23.8 Å². The van der Waals surface area contributed by atoms with E-state index in [1.54, 1.807) is 24.3 Å². The number of carbonyl (C=O) groups excluding carboxylic acids is 2. The van der Waals surface area contributed by atoms with E-state index in [9.17, 15) is 24.8 Å². The molecule has 2 rings (SSSR count). The Morgan fingerprint density at radius 1 is 1.21 bits per heavy atom. The number of hydrogen-bond acceptors (Lipinski definition) is 10. The lowest BCUT2D eigenvalue weighted by Crippen LogP contribution is -2.16. The summed E-state index contributed by atoms with van der Waals surface area (Å²) in [5.41, 5.74) is -0.240. The lowest BCUT2D eigenvalue weighted by Gasteiger charge is -2.12. The summed E-state index contributed by atoms with van der Waals surface area (Å²) in [4.78, 5) is 34.2. The average molecular weight is 470 g/mol. The molecule has 1 amide bonds. The Bertz CT molecular complexity index is 1140. The Balaban J connectivity index is 2.17. The molecule has 0 radical (unpaired) electrons. The minimum atomic E-state index is -0.793. The number of anilines is 1. The summed E-state index contributed by atoms with van der Waals surface area (Å²) in [7, 11) is 1.30. The summed E-state index contributed by atoms with van der Waals surface area (Å²) < 4.78 is 15.4. The molecule has 0 unspecified atom stereocenters. The van der Waals surface area contributed by atoms with Gasteiger partial charge in [-0.3, -0.25) is 14.9 Å². The number of azo groups is 1. The van der Waals surface area contributed by atoms with E-state index in [0.717, 1.165) is 12.1 Å². The van der Waals surface area contributed by atoms with Crippen molar-refractivity contribution in [2.75, 3.05) is 25.6 Å². The van der Waals surface area contributed by atoms with Gasteiger partial charge in [-0.05, 0) is 25.1 Å². The van der Waals surface area contributed by atoms with Crippen LogP contribution in [0, 0.1) is 10.1 Å². The minimum Gasteiger partial charge on any atom is -0.510 e. The molecule has 12 heteroatoms. The maximum absolute atomic E-state index is 12.7. The number of para-hydroxylation sites is 2. The molecule has 0 saturated carbocycles. The smallest absolute Gasteiger partial charge is 0.330 e. The van der Waals surface area contributed by atoms with Crippen molar-refractivity contribution in [3.63, 3.8) is 0 Å². The Hall–Kier alpha value is -4.74. The standard InChI is InChI=1S/C22H22N4O8/c1-4-20(28)34-12-11-33-18-8-6-5-7-16(18)23-22(29)21(14(2)27)25-24-17-10-9-15(26(30)31)13-19(17)32-3/h4-10,13,27H,1,11-12H2,2-3H3,(H,23,29)/b21-14+,25-24?. The van der Waals surface area contributed by atoms with Crippen molar-refractivity contribution in [2.45, 2.75) is 6.92 Å². The zero-order chi connectivity index (χ0) is 25.1. The van der Waals surface area contributed by atoms with Crippen molar-refractivity contribution in [1.82, 2.24) is 0 Å². The molecule has 0 aromatic heterocycles. The molecular weight excluding hydrogens is 448 g/mol. The SMILES string of the molecule is C=CC(=O)OCCOc1ccccc1NC(=O)/C(N=Nc1ccc([N+](=O)[O-])cc1OC)=C(/C)O. The fourth-order valence-corrected chi connectivity index (χ4v) is 2.48. The molecule has 178 valence electrons. The number of amides is 1. The Morgan fingerprint density at radius 2 is 1.94 bits per heavy atom. The van der Waals surface area contributed by atoms with Gasteiger partial charge in [0.15, 0.2) is 11.4 Å². The maximum Gasteiger partial charge on any atom is 0.330 e. The van der Waals surface area contributed by atoms with E-state index in [2.05, 4.69) is 22.1 Å². The van der Waals surface area contributed by atoms with E-state index in [0.29, 0.717) is 0 Å². The summed E-state index contributed by atoms with van der Waals surface area (Å²) in [5.74, 6) is -1.46. The molecule has 0 fully saturated rings. The molecule has 2 N–H and O–H groups in total. The highest BCUT2D eigenvalue weighted by Crippen LogP contribution is 2.32. The molecule has 2 aromatic rings. The number of nitro groups is 1. The van der Waals surface area contributed by atoms with Gasteiger partial charge in [-0.15, -0.1) is 10.2 Å². The number of ether oxygens (including phenoxy) is 3. The van der Waals surface area contributed by atoms with Crippen LogP contribution in [-0.4, -0.2) is 42.2 Å². The summed E-state index contributed by atoms with van der Waals surface area (Å²) in [6, 6.07) is 10.1. The lowest BCUT2D eigenvalue weighted by atomic mass is 10.2. The first-order chi connectivity index (χ1) is 16.3. The largest absolute Gasteiger partial charge is 0.510 e. The van der Waals surface area contributed by atoms with Gasteiger partial charge >= 0.3 is 5.97 Å². The highest BCUT2D eigenvalue weighted by molar-refractivity contribution is 6.04. The number of non-ortho nitro benzene ring substituents is 1. The Kier molecular flexibility index (Phi) is 9.26. The van der Waals surface area contributed by atoms with E-state index in [-0.39, 0.29) is 41.8 Å². The molecule has 0 aliphatic heterocycles. The van der Waals surface area contributed by atoms with E-state index in [1.807, 2.05) is 0 Å². The van der Waals surface area contributed by atoms with Gasteiger partial charge in [0.25, 0.3) is 11.6 Å². The molecule has 0 bridgehead atoms. The van der Waals surface area contributed by atoms with Crippen LogP contribution in [0.15, 0.2) is 76.8 Å². The molecule has 0 saturated heterocycles. The third kappa shape index (κ3) is 7.15. The topological polar surface area (TPSA) is 162 Å². The fourth-order valence-electron chi connectivity index (χ4n) is 2.48. The molecule has 34 heavy (non-hydrogen) atoms. The van der Waals surface area contributed by atoms with Crippen LogP contribution in [0.4, 0.5) is 17.1 Å². The molecule has 0 spiro atoms. The van der Waals surface area contributed by atoms with E-state index >= 15 is 0 Å². The molecule has 0 aliphatic carbocycles. The normalized spacial score (nSPS) is 11.4. The summed E-state index contributed by atoms with van der Waals surface area (Å²) in [5, 5.41) is 31.1.